The van der Waals surface area contributed by atoms with E-state index in [-0.39, 0.29) is 6.61 Å². The fourth-order valence-corrected chi connectivity index (χ4v) is 2.22. The first-order valence-corrected chi connectivity index (χ1v) is 7.80. The smallest absolute Gasteiger partial charge is 0.220 e. The van der Waals surface area contributed by atoms with Crippen LogP contribution in [0.1, 0.15) is 57.4 Å². The van der Waals surface area contributed by atoms with E-state index in [1.165, 1.54) is 50.5 Å². The summed E-state index contributed by atoms with van der Waals surface area (Å²) in [6, 6.07) is 7.73. The Morgan fingerprint density at radius 2 is 1.55 bits per heavy atom. The molecular weight excluding hydrogens is 252 g/mol. The van der Waals surface area contributed by atoms with Gasteiger partial charge in [0.15, 0.2) is 0 Å². The maximum absolute atomic E-state index is 9.17. The van der Waals surface area contributed by atoms with Gasteiger partial charge in [0, 0.05) is 0 Å². The highest BCUT2D eigenvalue weighted by Gasteiger charge is 2.03. The molecule has 0 aliphatic rings. The molecule has 0 bridgehead atoms. The second kappa shape index (κ2) is 10.7. The van der Waals surface area contributed by atoms with Crippen LogP contribution < -0.4 is 4.74 Å². The van der Waals surface area contributed by atoms with Crippen LogP contribution in [0.3, 0.4) is 0 Å². The zero-order valence-electron chi connectivity index (χ0n) is 12.6. The Hall–Kier alpha value is -1.06. The van der Waals surface area contributed by atoms with Crippen molar-refractivity contribution in [1.29, 1.82) is 0 Å². The summed E-state index contributed by atoms with van der Waals surface area (Å²) in [6.45, 7) is 1.85. The first kappa shape index (κ1) is 17.0. The first-order valence-electron chi connectivity index (χ1n) is 7.80. The zero-order valence-corrected chi connectivity index (χ0v) is 12.6. The number of benzene rings is 1. The summed E-state index contributed by atoms with van der Waals surface area (Å²) in [5.74, 6) is 0.592. The van der Waals surface area contributed by atoms with E-state index in [4.69, 9.17) is 9.84 Å². The number of unbranched alkanes of at least 4 members (excludes halogenated alkanes) is 6. The molecule has 0 heterocycles. The lowest BCUT2D eigenvalue weighted by molar-refractivity contribution is -0.0548. The highest BCUT2D eigenvalue weighted by molar-refractivity contribution is 5.27. The topological polar surface area (TPSA) is 49.7 Å². The largest absolute Gasteiger partial charge is 0.463 e. The standard InChI is InChI=1S/C17H28O3/c1-2-3-4-5-6-7-8-9-15-10-12-16(13-11-15)20-17(19)14-18/h10-13,17-19H,2-9,14H2,1H3. The summed E-state index contributed by atoms with van der Waals surface area (Å²) >= 11 is 0. The number of aryl methyl sites for hydroxylation is 1. The molecule has 0 fully saturated rings. The number of hydrogen-bond donors (Lipinski definition) is 2. The maximum atomic E-state index is 9.17. The summed E-state index contributed by atoms with van der Waals surface area (Å²) in [6.07, 6.45) is 9.22. The van der Waals surface area contributed by atoms with Crippen LogP contribution in [0, 0.1) is 0 Å². The summed E-state index contributed by atoms with van der Waals surface area (Å²) < 4.78 is 5.10. The van der Waals surface area contributed by atoms with Gasteiger partial charge in [0.1, 0.15) is 12.4 Å². The first-order chi connectivity index (χ1) is 9.76. The minimum Gasteiger partial charge on any atom is -0.463 e. The van der Waals surface area contributed by atoms with Gasteiger partial charge in [-0.3, -0.25) is 0 Å². The van der Waals surface area contributed by atoms with E-state index in [0.29, 0.717) is 5.75 Å². The number of aliphatic hydroxyl groups is 2. The van der Waals surface area contributed by atoms with Crippen molar-refractivity contribution < 1.29 is 14.9 Å². The van der Waals surface area contributed by atoms with Crippen LogP contribution in [-0.4, -0.2) is 23.1 Å². The van der Waals surface area contributed by atoms with Crippen molar-refractivity contribution in [2.45, 2.75) is 64.6 Å². The van der Waals surface area contributed by atoms with Gasteiger partial charge < -0.3 is 14.9 Å². The minimum atomic E-state index is -1.14. The molecule has 114 valence electrons. The van der Waals surface area contributed by atoms with E-state index in [9.17, 15) is 5.11 Å². The molecule has 20 heavy (non-hydrogen) atoms. The average Bonchev–Trinajstić information content (AvgIpc) is 2.48. The van der Waals surface area contributed by atoms with Crippen LogP contribution in [0.5, 0.6) is 5.75 Å². The molecule has 3 heteroatoms. The van der Waals surface area contributed by atoms with E-state index < -0.39 is 6.29 Å². The number of ether oxygens (including phenoxy) is 1. The molecule has 0 aliphatic carbocycles. The molecule has 0 saturated carbocycles. The molecule has 1 aromatic rings. The van der Waals surface area contributed by atoms with Gasteiger partial charge in [-0.2, -0.15) is 0 Å². The minimum absolute atomic E-state index is 0.389. The number of rotatable bonds is 11. The Labute approximate surface area is 122 Å². The van der Waals surface area contributed by atoms with Gasteiger partial charge in [0.25, 0.3) is 0 Å². The maximum Gasteiger partial charge on any atom is 0.220 e. The van der Waals surface area contributed by atoms with Crippen LogP contribution in [0.2, 0.25) is 0 Å². The Morgan fingerprint density at radius 3 is 2.15 bits per heavy atom. The molecule has 1 atom stereocenters. The van der Waals surface area contributed by atoms with Crippen molar-refractivity contribution in [3.8, 4) is 5.75 Å². The Bertz CT molecular complexity index is 335. The molecule has 1 unspecified atom stereocenters. The third-order valence-electron chi connectivity index (χ3n) is 3.42. The summed E-state index contributed by atoms with van der Waals surface area (Å²) in [5.41, 5.74) is 1.30. The van der Waals surface area contributed by atoms with Gasteiger partial charge in [-0.05, 0) is 30.5 Å². The van der Waals surface area contributed by atoms with E-state index in [1.807, 2.05) is 24.3 Å². The van der Waals surface area contributed by atoms with Crippen LogP contribution in [0.4, 0.5) is 0 Å². The summed E-state index contributed by atoms with van der Waals surface area (Å²) in [5, 5.41) is 17.9. The van der Waals surface area contributed by atoms with Crippen molar-refractivity contribution >= 4 is 0 Å². The van der Waals surface area contributed by atoms with Gasteiger partial charge in [-0.25, -0.2) is 0 Å². The lowest BCUT2D eigenvalue weighted by Crippen LogP contribution is -2.19. The Kier molecular flexibility index (Phi) is 9.09. The van der Waals surface area contributed by atoms with Crippen LogP contribution >= 0.6 is 0 Å². The second-order valence-electron chi connectivity index (χ2n) is 5.27. The van der Waals surface area contributed by atoms with E-state index in [0.717, 1.165) is 6.42 Å². The fraction of sp³-hybridized carbons (Fsp3) is 0.647. The van der Waals surface area contributed by atoms with Crippen molar-refractivity contribution in [1.82, 2.24) is 0 Å². The molecule has 0 spiro atoms. The molecule has 0 aromatic heterocycles. The van der Waals surface area contributed by atoms with Crippen LogP contribution in [0.25, 0.3) is 0 Å². The van der Waals surface area contributed by atoms with E-state index in [2.05, 4.69) is 6.92 Å². The van der Waals surface area contributed by atoms with Crippen LogP contribution in [0.15, 0.2) is 24.3 Å². The number of aliphatic hydroxyl groups excluding tert-OH is 2. The normalized spacial score (nSPS) is 12.3. The quantitative estimate of drug-likeness (QED) is 0.480. The van der Waals surface area contributed by atoms with E-state index in [1.54, 1.807) is 0 Å². The van der Waals surface area contributed by atoms with Gasteiger partial charge in [0.2, 0.25) is 6.29 Å². The molecule has 3 nitrogen and oxygen atoms in total. The highest BCUT2D eigenvalue weighted by atomic mass is 16.6. The fourth-order valence-electron chi connectivity index (χ4n) is 2.22. The highest BCUT2D eigenvalue weighted by Crippen LogP contribution is 2.16. The zero-order chi connectivity index (χ0) is 14.6. The Morgan fingerprint density at radius 1 is 0.950 bits per heavy atom. The SMILES string of the molecule is CCCCCCCCCc1ccc(OC(O)CO)cc1. The molecule has 0 radical (unpaired) electrons. The van der Waals surface area contributed by atoms with Crippen molar-refractivity contribution in [2.24, 2.45) is 0 Å². The van der Waals surface area contributed by atoms with Gasteiger partial charge in [0.05, 0.1) is 0 Å². The molecule has 1 rings (SSSR count). The molecule has 2 N–H and O–H groups in total. The summed E-state index contributed by atoms with van der Waals surface area (Å²) in [4.78, 5) is 0. The molecular formula is C17H28O3. The van der Waals surface area contributed by atoms with Crippen molar-refractivity contribution in [2.75, 3.05) is 6.61 Å². The van der Waals surface area contributed by atoms with Gasteiger partial charge in [-0.1, -0.05) is 57.6 Å². The van der Waals surface area contributed by atoms with Gasteiger partial charge >= 0.3 is 0 Å². The number of hydrogen-bond acceptors (Lipinski definition) is 3. The van der Waals surface area contributed by atoms with E-state index >= 15 is 0 Å². The molecule has 1 aromatic carbocycles. The second-order valence-corrected chi connectivity index (χ2v) is 5.27. The summed E-state index contributed by atoms with van der Waals surface area (Å²) in [7, 11) is 0. The van der Waals surface area contributed by atoms with Gasteiger partial charge in [-0.15, -0.1) is 0 Å². The molecule has 0 aliphatic heterocycles. The predicted octanol–water partition coefficient (Wildman–Crippen LogP) is 3.67. The lowest BCUT2D eigenvalue weighted by Gasteiger charge is -2.11. The van der Waals surface area contributed by atoms with Crippen molar-refractivity contribution in [3.05, 3.63) is 29.8 Å². The van der Waals surface area contributed by atoms with Crippen molar-refractivity contribution in [3.63, 3.8) is 0 Å². The molecule has 0 saturated heterocycles. The third-order valence-corrected chi connectivity index (χ3v) is 3.42. The average molecular weight is 280 g/mol. The predicted molar refractivity (Wildman–Crippen MR) is 81.9 cm³/mol. The molecule has 0 amide bonds. The third kappa shape index (κ3) is 7.51. The monoisotopic (exact) mass is 280 g/mol. The van der Waals surface area contributed by atoms with Crippen LogP contribution in [-0.2, 0) is 6.42 Å². The lowest BCUT2D eigenvalue weighted by atomic mass is 10.0. The Balaban J connectivity index is 2.15.